The molecule has 1 saturated carbocycles. The van der Waals surface area contributed by atoms with Gasteiger partial charge < -0.3 is 20.5 Å². The quantitative estimate of drug-likeness (QED) is 0.341. The summed E-state index contributed by atoms with van der Waals surface area (Å²) in [4.78, 5) is 37.6. The van der Waals surface area contributed by atoms with Gasteiger partial charge in [0.1, 0.15) is 11.9 Å². The van der Waals surface area contributed by atoms with Gasteiger partial charge in [0, 0.05) is 36.8 Å². The van der Waals surface area contributed by atoms with Crippen molar-refractivity contribution in [1.82, 2.24) is 25.5 Å². The van der Waals surface area contributed by atoms with Crippen LogP contribution in [-0.2, 0) is 9.59 Å². The van der Waals surface area contributed by atoms with Crippen molar-refractivity contribution in [3.05, 3.63) is 41.9 Å². The van der Waals surface area contributed by atoms with Crippen LogP contribution in [0.4, 0.5) is 0 Å². The Bertz CT molecular complexity index is 1340. The summed E-state index contributed by atoms with van der Waals surface area (Å²) in [6.45, 7) is 8.80. The number of nitrogens with zero attached hydrogens (tertiary/aromatic N) is 3. The molecule has 0 radical (unpaired) electrons. The van der Waals surface area contributed by atoms with Crippen molar-refractivity contribution < 1.29 is 19.4 Å². The van der Waals surface area contributed by atoms with Gasteiger partial charge in [0.15, 0.2) is 6.10 Å². The summed E-state index contributed by atoms with van der Waals surface area (Å²) in [7, 11) is 0. The van der Waals surface area contributed by atoms with Crippen LogP contribution in [0.25, 0.3) is 21.6 Å². The van der Waals surface area contributed by atoms with Gasteiger partial charge in [-0.25, -0.2) is 4.98 Å². The standard InChI is InChI=1S/C30H39N5O4S/c1-5-8-21(26(36)29(38)32-18-10-11-18)34-28(37)24-15-19(17-35(24)30(2,3)4)39-25-16-23(20-9-6-7-13-31-20)33-22-12-14-40-27(22)25/h6-7,9,12-14,16,18-19,21,24,26,36H,5,8,10-11,15,17H2,1-4H3,(H,32,38)(H,34,37)/t19-,21+,24+,26?/m1/s1. The minimum Gasteiger partial charge on any atom is -0.487 e. The molecule has 1 aliphatic heterocycles. The van der Waals surface area contributed by atoms with Crippen molar-refractivity contribution in [2.24, 2.45) is 0 Å². The zero-order valence-electron chi connectivity index (χ0n) is 23.6. The first-order chi connectivity index (χ1) is 19.1. The molecule has 1 unspecified atom stereocenters. The second-order valence-electron chi connectivity index (χ2n) is 11.8. The Kier molecular flexibility index (Phi) is 8.39. The van der Waals surface area contributed by atoms with E-state index in [0.29, 0.717) is 19.4 Å². The molecule has 0 bridgehead atoms. The first-order valence-electron chi connectivity index (χ1n) is 14.2. The molecule has 0 spiro atoms. The summed E-state index contributed by atoms with van der Waals surface area (Å²) in [5.41, 5.74) is 2.07. The number of carbonyl (C=O) groups is 2. The molecule has 5 rings (SSSR count). The van der Waals surface area contributed by atoms with Crippen LogP contribution in [0.2, 0.25) is 0 Å². The minimum atomic E-state index is -1.28. The number of amides is 2. The van der Waals surface area contributed by atoms with Crippen molar-refractivity contribution in [2.45, 2.75) is 95.7 Å². The number of fused-ring (bicyclic) bond motifs is 1. The number of aliphatic hydroxyl groups is 1. The highest BCUT2D eigenvalue weighted by molar-refractivity contribution is 7.17. The fraction of sp³-hybridized carbons (Fsp3) is 0.533. The van der Waals surface area contributed by atoms with Crippen molar-refractivity contribution in [2.75, 3.05) is 6.54 Å². The van der Waals surface area contributed by atoms with E-state index in [2.05, 4.69) is 41.3 Å². The number of aliphatic hydroxyl groups excluding tert-OH is 1. The van der Waals surface area contributed by atoms with Crippen molar-refractivity contribution in [3.63, 3.8) is 0 Å². The molecule has 2 fully saturated rings. The van der Waals surface area contributed by atoms with Crippen molar-refractivity contribution in [3.8, 4) is 17.1 Å². The van der Waals surface area contributed by atoms with Gasteiger partial charge in [0.25, 0.3) is 5.91 Å². The number of hydrogen-bond donors (Lipinski definition) is 3. The molecule has 3 N–H and O–H groups in total. The Morgan fingerprint density at radius 1 is 1.23 bits per heavy atom. The number of nitrogens with one attached hydrogen (secondary N) is 2. The third-order valence-electron chi connectivity index (χ3n) is 7.53. The normalized spacial score (nSPS) is 21.2. The lowest BCUT2D eigenvalue weighted by atomic mass is 10.0. The maximum absolute atomic E-state index is 13.7. The predicted molar refractivity (Wildman–Crippen MR) is 156 cm³/mol. The number of thiophene rings is 1. The van der Waals surface area contributed by atoms with E-state index in [4.69, 9.17) is 9.72 Å². The Hall–Kier alpha value is -3.08. The molecule has 4 atom stereocenters. The van der Waals surface area contributed by atoms with E-state index in [9.17, 15) is 14.7 Å². The Balaban J connectivity index is 1.34. The maximum Gasteiger partial charge on any atom is 0.251 e. The third kappa shape index (κ3) is 6.45. The Morgan fingerprint density at radius 3 is 2.70 bits per heavy atom. The minimum absolute atomic E-state index is 0.144. The lowest BCUT2D eigenvalue weighted by molar-refractivity contribution is -0.134. The van der Waals surface area contributed by atoms with Crippen molar-refractivity contribution in [1.29, 1.82) is 0 Å². The summed E-state index contributed by atoms with van der Waals surface area (Å²) in [5, 5.41) is 18.6. The molecular formula is C30H39N5O4S. The molecule has 214 valence electrons. The summed E-state index contributed by atoms with van der Waals surface area (Å²) in [5.74, 6) is 0.127. The fourth-order valence-corrected chi connectivity index (χ4v) is 6.10. The lowest BCUT2D eigenvalue weighted by Crippen LogP contribution is -2.56. The third-order valence-corrected chi connectivity index (χ3v) is 8.44. The van der Waals surface area contributed by atoms with Crippen LogP contribution in [-0.4, -0.2) is 74.2 Å². The average Bonchev–Trinajstić information content (AvgIpc) is 3.42. The molecule has 0 aromatic carbocycles. The Labute approximate surface area is 239 Å². The van der Waals surface area contributed by atoms with Gasteiger partial charge in [0.2, 0.25) is 5.91 Å². The summed E-state index contributed by atoms with van der Waals surface area (Å²) in [6.07, 6.45) is 3.83. The number of pyridine rings is 2. The van der Waals surface area contributed by atoms with Crippen LogP contribution in [0.3, 0.4) is 0 Å². The van der Waals surface area contributed by atoms with Crippen LogP contribution in [0, 0.1) is 0 Å². The highest BCUT2D eigenvalue weighted by atomic mass is 32.1. The summed E-state index contributed by atoms with van der Waals surface area (Å²) >= 11 is 1.58. The highest BCUT2D eigenvalue weighted by Crippen LogP contribution is 2.36. The summed E-state index contributed by atoms with van der Waals surface area (Å²) < 4.78 is 7.57. The molecular weight excluding hydrogens is 526 g/mol. The number of likely N-dealkylation sites (tertiary alicyclic amines) is 1. The van der Waals surface area contributed by atoms with E-state index in [1.54, 1.807) is 17.5 Å². The zero-order chi connectivity index (χ0) is 28.4. The van der Waals surface area contributed by atoms with E-state index >= 15 is 0 Å². The molecule has 1 saturated heterocycles. The molecule has 10 heteroatoms. The molecule has 2 amide bonds. The largest absolute Gasteiger partial charge is 0.487 e. The maximum atomic E-state index is 13.7. The van der Waals surface area contributed by atoms with Crippen LogP contribution >= 0.6 is 11.3 Å². The van der Waals surface area contributed by atoms with E-state index in [-0.39, 0.29) is 23.6 Å². The first kappa shape index (κ1) is 28.4. The van der Waals surface area contributed by atoms with Gasteiger partial charge in [-0.2, -0.15) is 0 Å². The van der Waals surface area contributed by atoms with Crippen LogP contribution in [0.5, 0.6) is 5.75 Å². The first-order valence-corrected chi connectivity index (χ1v) is 15.0. The van der Waals surface area contributed by atoms with E-state index in [1.165, 1.54) is 0 Å². The predicted octanol–water partition coefficient (Wildman–Crippen LogP) is 3.90. The smallest absolute Gasteiger partial charge is 0.251 e. The lowest BCUT2D eigenvalue weighted by Gasteiger charge is -2.36. The van der Waals surface area contributed by atoms with Gasteiger partial charge in [-0.1, -0.05) is 19.4 Å². The molecule has 3 aromatic heterocycles. The van der Waals surface area contributed by atoms with E-state index in [1.807, 2.05) is 42.6 Å². The summed E-state index contributed by atoms with van der Waals surface area (Å²) in [6, 6.07) is 8.68. The monoisotopic (exact) mass is 565 g/mol. The molecule has 40 heavy (non-hydrogen) atoms. The average molecular weight is 566 g/mol. The van der Waals surface area contributed by atoms with Gasteiger partial charge in [-0.15, -0.1) is 11.3 Å². The number of rotatable bonds is 10. The van der Waals surface area contributed by atoms with Crippen LogP contribution in [0.1, 0.15) is 59.8 Å². The van der Waals surface area contributed by atoms with Gasteiger partial charge in [-0.3, -0.25) is 19.5 Å². The van der Waals surface area contributed by atoms with E-state index < -0.39 is 24.1 Å². The molecule has 1 aliphatic carbocycles. The SMILES string of the molecule is CCC[C@H](NC(=O)[C@@H]1C[C@@H](Oc2cc(-c3ccccn3)nc3ccsc23)CN1C(C)(C)C)C(O)C(=O)NC1CC1. The van der Waals surface area contributed by atoms with E-state index in [0.717, 1.165) is 46.6 Å². The van der Waals surface area contributed by atoms with Gasteiger partial charge >= 0.3 is 0 Å². The topological polar surface area (TPSA) is 117 Å². The number of ether oxygens (including phenoxy) is 1. The van der Waals surface area contributed by atoms with Crippen molar-refractivity contribution >= 4 is 33.4 Å². The number of hydrogen-bond acceptors (Lipinski definition) is 8. The van der Waals surface area contributed by atoms with Crippen LogP contribution < -0.4 is 15.4 Å². The van der Waals surface area contributed by atoms with Gasteiger partial charge in [-0.05, 0) is 63.6 Å². The second-order valence-corrected chi connectivity index (χ2v) is 12.7. The fourth-order valence-electron chi connectivity index (χ4n) is 5.31. The highest BCUT2D eigenvalue weighted by Gasteiger charge is 2.44. The van der Waals surface area contributed by atoms with Gasteiger partial charge in [0.05, 0.1) is 33.7 Å². The molecule has 9 nitrogen and oxygen atoms in total. The molecule has 2 aliphatic rings. The number of carbonyl (C=O) groups excluding carboxylic acids is 2. The zero-order valence-corrected chi connectivity index (χ0v) is 24.4. The molecule has 3 aromatic rings. The number of aromatic nitrogens is 2. The molecule has 4 heterocycles. The second kappa shape index (κ2) is 11.8. The Morgan fingerprint density at radius 2 is 2.02 bits per heavy atom. The van der Waals surface area contributed by atoms with Crippen LogP contribution in [0.15, 0.2) is 41.9 Å².